The molecule has 24 heavy (non-hydrogen) atoms. The Hall–Kier alpha value is 0.399. The number of para-hydroxylation sites is 2. The molecule has 6 nitrogen and oxygen atoms in total. The summed E-state index contributed by atoms with van der Waals surface area (Å²) in [7, 11) is -4.47. The largest absolute Gasteiger partial charge is 1.00 e. The second-order valence-electron chi connectivity index (χ2n) is 3.44. The molecular weight excluding hydrogens is 290 g/mol. The van der Waals surface area contributed by atoms with Crippen LogP contribution in [0.4, 0.5) is 0 Å². The molecule has 0 saturated heterocycles. The van der Waals surface area contributed by atoms with Crippen molar-refractivity contribution in [1.29, 1.82) is 0 Å². The second kappa shape index (κ2) is 19.7. The quantitative estimate of drug-likeness (QED) is 0.518. The van der Waals surface area contributed by atoms with Crippen LogP contribution in [0.25, 0.3) is 0 Å². The first-order chi connectivity index (χ1) is 9.58. The van der Waals surface area contributed by atoms with Crippen LogP contribution in [0, 0.1) is 0 Å². The van der Waals surface area contributed by atoms with Gasteiger partial charge in [-0.05, 0) is 24.3 Å². The molecule has 0 aliphatic rings. The maximum Gasteiger partial charge on any atom is 1.00 e. The van der Waals surface area contributed by atoms with Crippen molar-refractivity contribution >= 4 is 14.6 Å². The molecule has 2 aromatic rings. The molecule has 0 spiro atoms. The molecular formula is C12H10B2Li4O6. The zero-order chi connectivity index (χ0) is 14.8. The van der Waals surface area contributed by atoms with Gasteiger partial charge in [0.2, 0.25) is 0 Å². The first-order valence-electron chi connectivity index (χ1n) is 5.64. The van der Waals surface area contributed by atoms with E-state index in [9.17, 15) is 20.1 Å². The first kappa shape index (κ1) is 32.1. The maximum atomic E-state index is 9.92. The number of hydrogen-bond donors (Lipinski definition) is 0. The Balaban J connectivity index is -0.000000143. The number of rotatable bonds is 4. The minimum atomic E-state index is -2.23. The van der Waals surface area contributed by atoms with Crippen LogP contribution in [-0.2, 0) is 0 Å². The summed E-state index contributed by atoms with van der Waals surface area (Å²) in [5.74, 6) is 0.634. The minimum absolute atomic E-state index is 0. The molecule has 0 aliphatic carbocycles. The third-order valence-corrected chi connectivity index (χ3v) is 1.95. The van der Waals surface area contributed by atoms with E-state index in [1.165, 1.54) is 0 Å². The van der Waals surface area contributed by atoms with E-state index in [0.717, 1.165) is 0 Å². The molecule has 0 aromatic heterocycles. The third kappa shape index (κ3) is 17.2. The minimum Gasteiger partial charge on any atom is -0.860 e. The normalized spacial score (nSPS) is 7.50. The molecule has 0 amide bonds. The van der Waals surface area contributed by atoms with Gasteiger partial charge >= 0.3 is 75.4 Å². The summed E-state index contributed by atoms with van der Waals surface area (Å²) >= 11 is 0. The van der Waals surface area contributed by atoms with E-state index >= 15 is 0 Å². The van der Waals surface area contributed by atoms with E-state index in [1.54, 1.807) is 60.7 Å². The average molecular weight is 300 g/mol. The molecule has 0 saturated carbocycles. The summed E-state index contributed by atoms with van der Waals surface area (Å²) in [6, 6.07) is 16.6. The monoisotopic (exact) mass is 300 g/mol. The Bertz CT molecular complexity index is 436. The number of benzene rings is 2. The van der Waals surface area contributed by atoms with E-state index in [-0.39, 0.29) is 75.4 Å². The van der Waals surface area contributed by atoms with Crippen LogP contribution in [0.3, 0.4) is 0 Å². The van der Waals surface area contributed by atoms with Gasteiger partial charge in [0, 0.05) is 0 Å². The van der Waals surface area contributed by atoms with Gasteiger partial charge in [-0.25, -0.2) is 0 Å². The van der Waals surface area contributed by atoms with Crippen molar-refractivity contribution in [3.8, 4) is 11.5 Å². The Morgan fingerprint density at radius 3 is 0.958 bits per heavy atom. The van der Waals surface area contributed by atoms with E-state index in [1.807, 2.05) is 0 Å². The van der Waals surface area contributed by atoms with Gasteiger partial charge in [0.25, 0.3) is 0 Å². The van der Waals surface area contributed by atoms with Crippen LogP contribution in [0.5, 0.6) is 11.5 Å². The van der Waals surface area contributed by atoms with Gasteiger partial charge in [-0.2, -0.15) is 0 Å². The fourth-order valence-electron chi connectivity index (χ4n) is 1.22. The fourth-order valence-corrected chi connectivity index (χ4v) is 1.22. The van der Waals surface area contributed by atoms with Gasteiger partial charge < -0.3 is 29.4 Å². The van der Waals surface area contributed by atoms with Gasteiger partial charge in [-0.3, -0.25) is 0 Å². The molecule has 0 bridgehead atoms. The number of hydrogen-bond acceptors (Lipinski definition) is 6. The summed E-state index contributed by atoms with van der Waals surface area (Å²) in [4.78, 5) is 0. The van der Waals surface area contributed by atoms with Crippen LogP contribution in [-0.4, -0.2) is 14.6 Å². The van der Waals surface area contributed by atoms with Crippen molar-refractivity contribution in [3.05, 3.63) is 60.7 Å². The Morgan fingerprint density at radius 2 is 0.750 bits per heavy atom. The molecule has 12 heteroatoms. The maximum absolute atomic E-state index is 9.92. The predicted molar refractivity (Wildman–Crippen MR) is 65.6 cm³/mol. The van der Waals surface area contributed by atoms with Crippen LogP contribution < -0.4 is 105 Å². The smallest absolute Gasteiger partial charge is 0.860 e. The van der Waals surface area contributed by atoms with Crippen molar-refractivity contribution in [2.75, 3.05) is 0 Å². The standard InChI is InChI=1S/2C6H5BO3.4Li/c2*8-7(9)10-6-4-2-1-3-5-6;;;;/h2*1-5H;;;;/q2*-2;4*+1. The molecule has 0 radical (unpaired) electrons. The Labute approximate surface area is 190 Å². The fraction of sp³-hybridized carbons (Fsp3) is 0. The first-order valence-corrected chi connectivity index (χ1v) is 5.64. The van der Waals surface area contributed by atoms with Crippen molar-refractivity contribution < 1.29 is 105 Å². The van der Waals surface area contributed by atoms with Gasteiger partial charge in [-0.1, -0.05) is 36.4 Å². The van der Waals surface area contributed by atoms with E-state index < -0.39 is 14.6 Å². The molecule has 0 unspecified atom stereocenters. The molecule has 0 heterocycles. The molecule has 2 aromatic carbocycles. The van der Waals surface area contributed by atoms with Crippen LogP contribution in [0.1, 0.15) is 0 Å². The average Bonchev–Trinajstić information content (AvgIpc) is 2.40. The second-order valence-corrected chi connectivity index (χ2v) is 3.44. The van der Waals surface area contributed by atoms with Crippen LogP contribution in [0.15, 0.2) is 60.7 Å². The van der Waals surface area contributed by atoms with Crippen molar-refractivity contribution in [1.82, 2.24) is 0 Å². The van der Waals surface area contributed by atoms with Gasteiger partial charge in [-0.15, -0.1) is 0 Å². The zero-order valence-corrected chi connectivity index (χ0v) is 14.4. The van der Waals surface area contributed by atoms with Crippen molar-refractivity contribution in [3.63, 3.8) is 0 Å². The molecule has 2 rings (SSSR count). The van der Waals surface area contributed by atoms with Gasteiger partial charge in [0.05, 0.1) is 11.5 Å². The summed E-state index contributed by atoms with van der Waals surface area (Å²) in [5, 5.41) is 39.7. The molecule has 0 N–H and O–H groups in total. The van der Waals surface area contributed by atoms with Gasteiger partial charge in [0.1, 0.15) is 14.6 Å². The SMILES string of the molecule is [Li+].[Li+].[Li+].[Li+].[O-]B([O-])Oc1ccccc1.[O-]B([O-])Oc1ccccc1. The third-order valence-electron chi connectivity index (χ3n) is 1.95. The Morgan fingerprint density at radius 1 is 0.500 bits per heavy atom. The van der Waals surface area contributed by atoms with Crippen LogP contribution >= 0.6 is 0 Å². The Kier molecular flexibility index (Phi) is 26.4. The molecule has 0 atom stereocenters. The van der Waals surface area contributed by atoms with Gasteiger partial charge in [0.15, 0.2) is 0 Å². The summed E-state index contributed by atoms with van der Waals surface area (Å²) < 4.78 is 8.61. The van der Waals surface area contributed by atoms with Crippen molar-refractivity contribution in [2.24, 2.45) is 0 Å². The molecule has 0 aliphatic heterocycles. The van der Waals surface area contributed by atoms with Crippen molar-refractivity contribution in [2.45, 2.75) is 0 Å². The summed E-state index contributed by atoms with van der Waals surface area (Å²) in [5.41, 5.74) is 0. The van der Waals surface area contributed by atoms with E-state index in [4.69, 9.17) is 0 Å². The molecule has 104 valence electrons. The van der Waals surface area contributed by atoms with E-state index in [2.05, 4.69) is 9.31 Å². The summed E-state index contributed by atoms with van der Waals surface area (Å²) in [6.45, 7) is 0. The van der Waals surface area contributed by atoms with E-state index in [0.29, 0.717) is 11.5 Å². The summed E-state index contributed by atoms with van der Waals surface area (Å²) in [6.07, 6.45) is 0. The topological polar surface area (TPSA) is 111 Å². The molecule has 0 fully saturated rings. The predicted octanol–water partition coefficient (Wildman–Crippen LogP) is -14.4. The van der Waals surface area contributed by atoms with Crippen LogP contribution in [0.2, 0.25) is 0 Å². The zero-order valence-electron chi connectivity index (χ0n) is 14.4.